The van der Waals surface area contributed by atoms with Crippen molar-refractivity contribution in [2.75, 3.05) is 13.1 Å². The van der Waals surface area contributed by atoms with Gasteiger partial charge in [0.2, 0.25) is 11.8 Å². The van der Waals surface area contributed by atoms with Crippen LogP contribution in [0.25, 0.3) is 0 Å². The maximum atomic E-state index is 12.8. The molecule has 3 rings (SSSR count). The van der Waals surface area contributed by atoms with Crippen LogP contribution >= 0.6 is 0 Å². The molecule has 1 aromatic heterocycles. The lowest BCUT2D eigenvalue weighted by Crippen LogP contribution is -2.56. The first-order valence-corrected chi connectivity index (χ1v) is 7.66. The van der Waals surface area contributed by atoms with Gasteiger partial charge in [0.05, 0.1) is 6.33 Å². The Labute approximate surface area is 124 Å². The first kappa shape index (κ1) is 14.1. The predicted octanol–water partition coefficient (Wildman–Crippen LogP) is 0.790. The highest BCUT2D eigenvalue weighted by molar-refractivity contribution is 5.93. The smallest absolute Gasteiger partial charge is 0.248 e. The molecule has 1 aromatic rings. The van der Waals surface area contributed by atoms with Crippen molar-refractivity contribution in [1.29, 1.82) is 0 Å². The Bertz CT molecular complexity index is 524. The van der Waals surface area contributed by atoms with Crippen LogP contribution in [0.2, 0.25) is 0 Å². The number of aryl methyl sites for hydroxylation is 1. The lowest BCUT2D eigenvalue weighted by atomic mass is 9.94. The molecular formula is C15H22N4O2. The first-order chi connectivity index (χ1) is 10.1. The fourth-order valence-corrected chi connectivity index (χ4v) is 3.09. The summed E-state index contributed by atoms with van der Waals surface area (Å²) in [7, 11) is 0. The fraction of sp³-hybridized carbons (Fsp3) is 0.667. The Morgan fingerprint density at radius 2 is 2.19 bits per heavy atom. The van der Waals surface area contributed by atoms with E-state index in [0.29, 0.717) is 25.4 Å². The van der Waals surface area contributed by atoms with Crippen molar-refractivity contribution in [3.8, 4) is 0 Å². The van der Waals surface area contributed by atoms with E-state index in [-0.39, 0.29) is 11.8 Å². The molecule has 2 aliphatic rings. The minimum Gasteiger partial charge on any atom is -0.342 e. The largest absolute Gasteiger partial charge is 0.342 e. The monoisotopic (exact) mass is 290 g/mol. The number of carbonyl (C=O) groups is 2. The summed E-state index contributed by atoms with van der Waals surface area (Å²) in [6, 6.07) is 0. The quantitative estimate of drug-likeness (QED) is 0.872. The summed E-state index contributed by atoms with van der Waals surface area (Å²) >= 11 is 0. The second-order valence-corrected chi connectivity index (χ2v) is 6.22. The Morgan fingerprint density at radius 1 is 1.38 bits per heavy atom. The summed E-state index contributed by atoms with van der Waals surface area (Å²) in [6.45, 7) is 3.94. The van der Waals surface area contributed by atoms with Crippen molar-refractivity contribution in [3.63, 3.8) is 0 Å². The van der Waals surface area contributed by atoms with Crippen LogP contribution in [0.3, 0.4) is 0 Å². The molecule has 1 unspecified atom stereocenters. The van der Waals surface area contributed by atoms with Crippen LogP contribution < -0.4 is 5.32 Å². The summed E-state index contributed by atoms with van der Waals surface area (Å²) in [5.41, 5.74) is -0.692. The van der Waals surface area contributed by atoms with E-state index in [2.05, 4.69) is 10.3 Å². The molecule has 0 bridgehead atoms. The predicted molar refractivity (Wildman–Crippen MR) is 77.3 cm³/mol. The fourth-order valence-electron chi connectivity index (χ4n) is 3.09. The summed E-state index contributed by atoms with van der Waals surface area (Å²) in [4.78, 5) is 30.5. The van der Waals surface area contributed by atoms with Crippen molar-refractivity contribution in [2.45, 2.75) is 44.7 Å². The highest BCUT2D eigenvalue weighted by atomic mass is 16.2. The van der Waals surface area contributed by atoms with E-state index >= 15 is 0 Å². The third-order valence-electron chi connectivity index (χ3n) is 4.54. The normalized spacial score (nSPS) is 26.6. The lowest BCUT2D eigenvalue weighted by Gasteiger charge is -2.32. The molecule has 6 nitrogen and oxygen atoms in total. The molecule has 1 N–H and O–H groups in total. The van der Waals surface area contributed by atoms with Gasteiger partial charge in [-0.25, -0.2) is 4.98 Å². The van der Waals surface area contributed by atoms with Gasteiger partial charge < -0.3 is 14.8 Å². The Morgan fingerprint density at radius 3 is 2.86 bits per heavy atom. The van der Waals surface area contributed by atoms with E-state index in [1.165, 1.54) is 0 Å². The van der Waals surface area contributed by atoms with Gasteiger partial charge in [0.25, 0.3) is 0 Å². The summed E-state index contributed by atoms with van der Waals surface area (Å²) in [6.07, 6.45) is 8.80. The zero-order chi connectivity index (χ0) is 14.9. The standard InChI is InChI=1S/C15H22N4O2/c1-15(12-3-4-12)14(21)19(9-5-13(20)17-15)8-2-7-18-10-6-16-11-18/h6,10-12H,2-5,7-9H2,1H3,(H,17,20). The van der Waals surface area contributed by atoms with Crippen LogP contribution in [-0.2, 0) is 16.1 Å². The first-order valence-electron chi connectivity index (χ1n) is 7.66. The Hall–Kier alpha value is -1.85. The number of imidazole rings is 1. The molecule has 1 aliphatic carbocycles. The van der Waals surface area contributed by atoms with Crippen LogP contribution in [0, 0.1) is 5.92 Å². The van der Waals surface area contributed by atoms with E-state index in [4.69, 9.17) is 0 Å². The molecule has 1 saturated carbocycles. The number of hydrogen-bond donors (Lipinski definition) is 1. The van der Waals surface area contributed by atoms with Gasteiger partial charge in [0, 0.05) is 38.4 Å². The molecule has 0 spiro atoms. The molecular weight excluding hydrogens is 268 g/mol. The topological polar surface area (TPSA) is 67.2 Å². The van der Waals surface area contributed by atoms with Crippen LogP contribution in [0.15, 0.2) is 18.7 Å². The van der Waals surface area contributed by atoms with Gasteiger partial charge >= 0.3 is 0 Å². The average molecular weight is 290 g/mol. The van der Waals surface area contributed by atoms with Crippen molar-refractivity contribution in [2.24, 2.45) is 5.92 Å². The minimum atomic E-state index is -0.692. The molecule has 1 saturated heterocycles. The number of aromatic nitrogens is 2. The van der Waals surface area contributed by atoms with E-state index in [9.17, 15) is 9.59 Å². The molecule has 0 radical (unpaired) electrons. The SMILES string of the molecule is CC1(C2CC2)NC(=O)CCN(CCCn2ccnc2)C1=O. The van der Waals surface area contributed by atoms with Crippen molar-refractivity contribution in [3.05, 3.63) is 18.7 Å². The number of nitrogens with zero attached hydrogens (tertiary/aromatic N) is 3. The van der Waals surface area contributed by atoms with Crippen molar-refractivity contribution >= 4 is 11.8 Å². The molecule has 1 atom stereocenters. The number of rotatable bonds is 5. The molecule has 1 aliphatic heterocycles. The second kappa shape index (κ2) is 5.50. The zero-order valence-electron chi connectivity index (χ0n) is 12.4. The maximum Gasteiger partial charge on any atom is 0.248 e. The highest BCUT2D eigenvalue weighted by Crippen LogP contribution is 2.41. The minimum absolute atomic E-state index is 0.00476. The molecule has 2 amide bonds. The molecule has 0 aromatic carbocycles. The van der Waals surface area contributed by atoms with E-state index in [1.54, 1.807) is 12.5 Å². The van der Waals surface area contributed by atoms with Crippen molar-refractivity contribution < 1.29 is 9.59 Å². The summed E-state index contributed by atoms with van der Waals surface area (Å²) in [5.74, 6) is 0.388. The molecule has 21 heavy (non-hydrogen) atoms. The van der Waals surface area contributed by atoms with E-state index < -0.39 is 5.54 Å². The molecule has 2 heterocycles. The number of hydrogen-bond acceptors (Lipinski definition) is 3. The van der Waals surface area contributed by atoms with Crippen molar-refractivity contribution in [1.82, 2.24) is 19.8 Å². The average Bonchev–Trinajstić information content (AvgIpc) is 3.21. The summed E-state index contributed by atoms with van der Waals surface area (Å²) < 4.78 is 2.01. The zero-order valence-corrected chi connectivity index (χ0v) is 12.4. The van der Waals surface area contributed by atoms with Crippen LogP contribution in [-0.4, -0.2) is 44.9 Å². The van der Waals surface area contributed by atoms with Gasteiger partial charge in [-0.2, -0.15) is 0 Å². The highest BCUT2D eigenvalue weighted by Gasteiger charge is 2.50. The Balaban J connectivity index is 1.63. The number of amides is 2. The van der Waals surface area contributed by atoms with Gasteiger partial charge in [0.15, 0.2) is 0 Å². The van der Waals surface area contributed by atoms with Gasteiger partial charge in [-0.1, -0.05) is 0 Å². The van der Waals surface area contributed by atoms with E-state index in [0.717, 1.165) is 25.8 Å². The van der Waals surface area contributed by atoms with Crippen LogP contribution in [0.5, 0.6) is 0 Å². The Kier molecular flexibility index (Phi) is 3.69. The van der Waals surface area contributed by atoms with Gasteiger partial charge in [-0.15, -0.1) is 0 Å². The number of nitrogens with one attached hydrogen (secondary N) is 1. The second-order valence-electron chi connectivity index (χ2n) is 6.22. The van der Waals surface area contributed by atoms with Crippen LogP contribution in [0.1, 0.15) is 32.6 Å². The third-order valence-corrected chi connectivity index (χ3v) is 4.54. The third kappa shape index (κ3) is 2.94. The molecule has 114 valence electrons. The van der Waals surface area contributed by atoms with Gasteiger partial charge in [0.1, 0.15) is 5.54 Å². The molecule has 6 heteroatoms. The van der Waals surface area contributed by atoms with Gasteiger partial charge in [-0.05, 0) is 32.1 Å². The van der Waals surface area contributed by atoms with Gasteiger partial charge in [-0.3, -0.25) is 9.59 Å². The number of carbonyl (C=O) groups excluding carboxylic acids is 2. The lowest BCUT2D eigenvalue weighted by molar-refractivity contribution is -0.139. The van der Waals surface area contributed by atoms with Crippen LogP contribution in [0.4, 0.5) is 0 Å². The summed E-state index contributed by atoms with van der Waals surface area (Å²) in [5, 5.41) is 2.96. The molecule has 2 fully saturated rings. The van der Waals surface area contributed by atoms with E-state index in [1.807, 2.05) is 22.6 Å². The maximum absolute atomic E-state index is 12.8.